The normalized spacial score (nSPS) is 16.2. The molecule has 0 amide bonds. The minimum atomic E-state index is -0.469. The SMILES string of the molecule is COC(=O)c1ccc(NCC(C2CC2)N(C)C)nn1. The Morgan fingerprint density at radius 3 is 2.68 bits per heavy atom. The number of esters is 1. The molecule has 0 spiro atoms. The summed E-state index contributed by atoms with van der Waals surface area (Å²) < 4.78 is 4.58. The van der Waals surface area contributed by atoms with Crippen LogP contribution in [0.5, 0.6) is 0 Å². The molecule has 1 aliphatic rings. The first-order valence-electron chi connectivity index (χ1n) is 6.44. The Bertz CT molecular complexity index is 427. The van der Waals surface area contributed by atoms with Crippen LogP contribution >= 0.6 is 0 Å². The second kappa shape index (κ2) is 5.97. The van der Waals surface area contributed by atoms with Gasteiger partial charge in [0, 0.05) is 12.6 Å². The Hall–Kier alpha value is -1.69. The zero-order valence-electron chi connectivity index (χ0n) is 11.6. The molecule has 1 fully saturated rings. The van der Waals surface area contributed by atoms with Gasteiger partial charge >= 0.3 is 5.97 Å². The van der Waals surface area contributed by atoms with E-state index in [4.69, 9.17) is 0 Å². The molecule has 6 heteroatoms. The molecule has 0 saturated heterocycles. The monoisotopic (exact) mass is 264 g/mol. The van der Waals surface area contributed by atoms with E-state index in [-0.39, 0.29) is 5.69 Å². The third-order valence-corrected chi connectivity index (χ3v) is 3.38. The molecule has 19 heavy (non-hydrogen) atoms. The van der Waals surface area contributed by atoms with E-state index in [1.807, 2.05) is 0 Å². The molecule has 1 unspecified atom stereocenters. The number of ether oxygens (including phenoxy) is 1. The minimum Gasteiger partial charge on any atom is -0.464 e. The van der Waals surface area contributed by atoms with E-state index in [1.165, 1.54) is 20.0 Å². The van der Waals surface area contributed by atoms with E-state index >= 15 is 0 Å². The third-order valence-electron chi connectivity index (χ3n) is 3.38. The number of nitrogens with zero attached hydrogens (tertiary/aromatic N) is 3. The molecule has 1 atom stereocenters. The molecular weight excluding hydrogens is 244 g/mol. The minimum absolute atomic E-state index is 0.222. The highest BCUT2D eigenvalue weighted by atomic mass is 16.5. The summed E-state index contributed by atoms with van der Waals surface area (Å²) in [5.41, 5.74) is 0.222. The van der Waals surface area contributed by atoms with Gasteiger partial charge < -0.3 is 15.0 Å². The number of nitrogens with one attached hydrogen (secondary N) is 1. The van der Waals surface area contributed by atoms with Crippen molar-refractivity contribution in [1.29, 1.82) is 0 Å². The van der Waals surface area contributed by atoms with Crippen LogP contribution in [0.15, 0.2) is 12.1 Å². The van der Waals surface area contributed by atoms with Crippen molar-refractivity contribution in [2.24, 2.45) is 5.92 Å². The van der Waals surface area contributed by atoms with E-state index in [0.29, 0.717) is 11.9 Å². The zero-order chi connectivity index (χ0) is 13.8. The summed E-state index contributed by atoms with van der Waals surface area (Å²) >= 11 is 0. The largest absolute Gasteiger partial charge is 0.464 e. The lowest BCUT2D eigenvalue weighted by Gasteiger charge is -2.24. The van der Waals surface area contributed by atoms with Crippen molar-refractivity contribution in [2.45, 2.75) is 18.9 Å². The first-order chi connectivity index (χ1) is 9.11. The molecule has 1 aliphatic carbocycles. The molecule has 0 radical (unpaired) electrons. The van der Waals surface area contributed by atoms with Crippen LogP contribution in [0.4, 0.5) is 5.82 Å². The highest BCUT2D eigenvalue weighted by molar-refractivity contribution is 5.86. The maximum Gasteiger partial charge on any atom is 0.358 e. The number of rotatable bonds is 6. The lowest BCUT2D eigenvalue weighted by atomic mass is 10.1. The lowest BCUT2D eigenvalue weighted by molar-refractivity contribution is 0.0593. The number of hydrogen-bond acceptors (Lipinski definition) is 6. The summed E-state index contributed by atoms with van der Waals surface area (Å²) in [4.78, 5) is 13.5. The Balaban J connectivity index is 1.90. The first-order valence-corrected chi connectivity index (χ1v) is 6.44. The molecule has 1 heterocycles. The molecule has 2 rings (SSSR count). The smallest absolute Gasteiger partial charge is 0.358 e. The summed E-state index contributed by atoms with van der Waals surface area (Å²) in [7, 11) is 5.51. The lowest BCUT2D eigenvalue weighted by Crippen LogP contribution is -2.36. The van der Waals surface area contributed by atoms with Crippen LogP contribution < -0.4 is 5.32 Å². The Labute approximate surface area is 113 Å². The van der Waals surface area contributed by atoms with Gasteiger partial charge in [-0.15, -0.1) is 10.2 Å². The Kier molecular flexibility index (Phi) is 4.31. The van der Waals surface area contributed by atoms with Gasteiger partial charge in [-0.25, -0.2) is 4.79 Å². The average Bonchev–Trinajstić information content (AvgIpc) is 3.23. The molecule has 1 aromatic rings. The van der Waals surface area contributed by atoms with Crippen LogP contribution in [-0.4, -0.2) is 54.9 Å². The summed E-state index contributed by atoms with van der Waals surface area (Å²) in [5.74, 6) is 0.994. The van der Waals surface area contributed by atoms with Crippen molar-refractivity contribution in [3.8, 4) is 0 Å². The van der Waals surface area contributed by atoms with Crippen molar-refractivity contribution in [3.63, 3.8) is 0 Å². The van der Waals surface area contributed by atoms with Crippen molar-refractivity contribution >= 4 is 11.8 Å². The van der Waals surface area contributed by atoms with Crippen molar-refractivity contribution in [2.75, 3.05) is 33.1 Å². The van der Waals surface area contributed by atoms with Gasteiger partial charge in [0.05, 0.1) is 7.11 Å². The van der Waals surface area contributed by atoms with Gasteiger partial charge in [0.25, 0.3) is 0 Å². The molecular formula is C13H20N4O2. The fourth-order valence-electron chi connectivity index (χ4n) is 2.10. The topological polar surface area (TPSA) is 67.3 Å². The van der Waals surface area contributed by atoms with Crippen LogP contribution in [0.1, 0.15) is 23.3 Å². The quantitative estimate of drug-likeness (QED) is 0.774. The molecule has 0 aromatic carbocycles. The summed E-state index contributed by atoms with van der Waals surface area (Å²) in [5, 5.41) is 11.1. The van der Waals surface area contributed by atoms with Crippen molar-refractivity contribution in [1.82, 2.24) is 15.1 Å². The molecule has 0 bridgehead atoms. The number of hydrogen-bond donors (Lipinski definition) is 1. The van der Waals surface area contributed by atoms with E-state index in [1.54, 1.807) is 12.1 Å². The number of likely N-dealkylation sites (N-methyl/N-ethyl adjacent to an activating group) is 1. The predicted octanol–water partition coefficient (Wildman–Crippen LogP) is 1.02. The highest BCUT2D eigenvalue weighted by Gasteiger charge is 2.32. The Morgan fingerprint density at radius 1 is 1.47 bits per heavy atom. The Morgan fingerprint density at radius 2 is 2.21 bits per heavy atom. The summed E-state index contributed by atoms with van der Waals surface area (Å²) in [6.45, 7) is 0.837. The van der Waals surface area contributed by atoms with E-state index in [0.717, 1.165) is 12.5 Å². The fourth-order valence-corrected chi connectivity index (χ4v) is 2.10. The summed E-state index contributed by atoms with van der Waals surface area (Å²) in [6, 6.07) is 3.88. The molecule has 6 nitrogen and oxygen atoms in total. The van der Waals surface area contributed by atoms with Crippen LogP contribution in [0.3, 0.4) is 0 Å². The van der Waals surface area contributed by atoms with Gasteiger partial charge in [-0.05, 0) is 45.0 Å². The molecule has 104 valence electrons. The average molecular weight is 264 g/mol. The van der Waals surface area contributed by atoms with Gasteiger partial charge in [-0.3, -0.25) is 0 Å². The van der Waals surface area contributed by atoms with Crippen molar-refractivity contribution in [3.05, 3.63) is 17.8 Å². The number of carbonyl (C=O) groups excluding carboxylic acids is 1. The van der Waals surface area contributed by atoms with Gasteiger partial charge in [0.15, 0.2) is 5.69 Å². The van der Waals surface area contributed by atoms with Crippen LogP contribution in [-0.2, 0) is 4.74 Å². The number of methoxy groups -OCH3 is 1. The van der Waals surface area contributed by atoms with Gasteiger partial charge in [0.1, 0.15) is 5.82 Å². The predicted molar refractivity (Wildman–Crippen MR) is 72.1 cm³/mol. The van der Waals surface area contributed by atoms with Gasteiger partial charge in [-0.1, -0.05) is 0 Å². The second-order valence-electron chi connectivity index (χ2n) is 5.04. The molecule has 0 aliphatic heterocycles. The van der Waals surface area contributed by atoms with E-state index in [2.05, 4.69) is 39.2 Å². The van der Waals surface area contributed by atoms with E-state index in [9.17, 15) is 4.79 Å². The summed E-state index contributed by atoms with van der Waals surface area (Å²) in [6.07, 6.45) is 2.61. The molecule has 1 N–H and O–H groups in total. The van der Waals surface area contributed by atoms with Crippen LogP contribution in [0.2, 0.25) is 0 Å². The van der Waals surface area contributed by atoms with E-state index < -0.39 is 5.97 Å². The molecule has 1 aromatic heterocycles. The maximum atomic E-state index is 11.2. The number of carbonyl (C=O) groups is 1. The zero-order valence-corrected chi connectivity index (χ0v) is 11.6. The first kappa shape index (κ1) is 13.7. The highest BCUT2D eigenvalue weighted by Crippen LogP contribution is 2.34. The fraction of sp³-hybridized carbons (Fsp3) is 0.615. The second-order valence-corrected chi connectivity index (χ2v) is 5.04. The third kappa shape index (κ3) is 3.64. The van der Waals surface area contributed by atoms with Gasteiger partial charge in [-0.2, -0.15) is 0 Å². The standard InChI is InChI=1S/C13H20N4O2/c1-17(2)11(9-4-5-9)8-14-12-7-6-10(15-16-12)13(18)19-3/h6-7,9,11H,4-5,8H2,1-3H3,(H,14,16). The maximum absolute atomic E-state index is 11.2. The van der Waals surface area contributed by atoms with Crippen LogP contribution in [0, 0.1) is 5.92 Å². The van der Waals surface area contributed by atoms with Crippen molar-refractivity contribution < 1.29 is 9.53 Å². The number of aromatic nitrogens is 2. The number of anilines is 1. The van der Waals surface area contributed by atoms with Gasteiger partial charge in [0.2, 0.25) is 0 Å². The van der Waals surface area contributed by atoms with Crippen LogP contribution in [0.25, 0.3) is 0 Å². The molecule has 1 saturated carbocycles.